The molecule has 26 heavy (non-hydrogen) atoms. The first-order valence-electron chi connectivity index (χ1n) is 7.90. The minimum Gasteiger partial charge on any atom is -0.396 e. The van der Waals surface area contributed by atoms with Crippen LogP contribution in [0, 0.1) is 12.8 Å². The van der Waals surface area contributed by atoms with Crippen molar-refractivity contribution in [3.05, 3.63) is 80.6 Å². The third-order valence-corrected chi connectivity index (χ3v) is 4.45. The van der Waals surface area contributed by atoms with Gasteiger partial charge in [0.25, 0.3) is 17.4 Å². The van der Waals surface area contributed by atoms with Gasteiger partial charge in [-0.2, -0.15) is 4.57 Å². The van der Waals surface area contributed by atoms with Crippen molar-refractivity contribution >= 4 is 5.91 Å². The first kappa shape index (κ1) is 17.9. The quantitative estimate of drug-likeness (QED) is 0.836. The second-order valence-electron chi connectivity index (χ2n) is 6.13. The van der Waals surface area contributed by atoms with Crippen LogP contribution >= 0.6 is 0 Å². The van der Waals surface area contributed by atoms with E-state index in [9.17, 15) is 28.3 Å². The number of rotatable bonds is 3. The van der Waals surface area contributed by atoms with E-state index in [1.165, 1.54) is 19.1 Å². The molecular formula is C18H16F2N2O4. The van der Waals surface area contributed by atoms with Crippen molar-refractivity contribution in [1.82, 2.24) is 9.13 Å². The number of carbonyl (C=O) groups excluding carboxylic acids is 1. The summed E-state index contributed by atoms with van der Waals surface area (Å²) in [6.45, 7) is 0.528. The summed E-state index contributed by atoms with van der Waals surface area (Å²) in [4.78, 5) is 37.7. The summed E-state index contributed by atoms with van der Waals surface area (Å²) in [6.07, 6.45) is 2.86. The molecule has 1 aromatic heterocycles. The maximum absolute atomic E-state index is 13.9. The maximum atomic E-state index is 13.9. The zero-order valence-electron chi connectivity index (χ0n) is 13.8. The third-order valence-electron chi connectivity index (χ3n) is 4.45. The number of halogens is 2. The minimum atomic E-state index is -3.29. The fourth-order valence-electron chi connectivity index (χ4n) is 3.03. The van der Waals surface area contributed by atoms with Crippen LogP contribution in [-0.2, 0) is 0 Å². The predicted octanol–water partition coefficient (Wildman–Crippen LogP) is 1.36. The van der Waals surface area contributed by atoms with Gasteiger partial charge in [0.05, 0.1) is 18.6 Å². The lowest BCUT2D eigenvalue weighted by Crippen LogP contribution is -2.47. The number of aromatic nitrogens is 2. The van der Waals surface area contributed by atoms with Gasteiger partial charge in [-0.1, -0.05) is 24.3 Å². The largest absolute Gasteiger partial charge is 0.396 e. The summed E-state index contributed by atoms with van der Waals surface area (Å²) < 4.78 is 29.1. The highest BCUT2D eigenvalue weighted by molar-refractivity contribution is 5.95. The van der Waals surface area contributed by atoms with Crippen LogP contribution in [-0.4, -0.2) is 32.7 Å². The van der Waals surface area contributed by atoms with E-state index in [4.69, 9.17) is 0 Å². The molecule has 0 amide bonds. The van der Waals surface area contributed by atoms with Crippen molar-refractivity contribution < 1.29 is 18.7 Å². The Labute approximate surface area is 146 Å². The van der Waals surface area contributed by atoms with Gasteiger partial charge in [0.1, 0.15) is 0 Å². The number of allylic oxidation sites excluding steroid dienone is 2. The number of nitrogens with zero attached hydrogens (tertiary/aromatic N) is 2. The van der Waals surface area contributed by atoms with E-state index in [1.54, 1.807) is 18.2 Å². The molecule has 1 aliphatic rings. The smallest absolute Gasteiger partial charge is 0.338 e. The summed E-state index contributed by atoms with van der Waals surface area (Å²) in [5.74, 6) is -5.69. The van der Waals surface area contributed by atoms with Crippen LogP contribution in [0.5, 0.6) is 0 Å². The van der Waals surface area contributed by atoms with Crippen LogP contribution in [0.4, 0.5) is 8.78 Å². The molecule has 0 spiro atoms. The Morgan fingerprint density at radius 3 is 2.50 bits per heavy atom. The summed E-state index contributed by atoms with van der Waals surface area (Å²) in [7, 11) is 0. The predicted molar refractivity (Wildman–Crippen MR) is 89.6 cm³/mol. The van der Waals surface area contributed by atoms with E-state index in [1.807, 2.05) is 0 Å². The van der Waals surface area contributed by atoms with Gasteiger partial charge in [0, 0.05) is 17.3 Å². The number of aliphatic hydroxyl groups is 1. The van der Waals surface area contributed by atoms with Crippen LogP contribution in [0.25, 0.3) is 0 Å². The van der Waals surface area contributed by atoms with E-state index < -0.39 is 41.6 Å². The normalized spacial score (nSPS) is 21.1. The molecule has 0 bridgehead atoms. The highest BCUT2D eigenvalue weighted by Gasteiger charge is 2.46. The standard InChI is InChI=1S/C18H16F2N2O4/c1-11-9-21(14-7-8-18(19,20)13(14)10-23)17(26)22(15(11)24)16(25)12-5-3-2-4-6-12/h2-9,13-14,23H,10H2,1H3/t13-,14-/m1/s1. The van der Waals surface area contributed by atoms with Gasteiger partial charge in [-0.3, -0.25) is 14.2 Å². The zero-order chi connectivity index (χ0) is 19.1. The van der Waals surface area contributed by atoms with Crippen molar-refractivity contribution in [3.63, 3.8) is 0 Å². The lowest BCUT2D eigenvalue weighted by atomic mass is 10.0. The first-order valence-corrected chi connectivity index (χ1v) is 7.90. The molecular weight excluding hydrogens is 346 g/mol. The molecule has 1 aromatic carbocycles. The Morgan fingerprint density at radius 1 is 1.23 bits per heavy atom. The molecule has 1 N–H and O–H groups in total. The molecule has 0 saturated heterocycles. The average molecular weight is 362 g/mol. The SMILES string of the molecule is Cc1cn([C@@H]2C=CC(F)(F)[C@@H]2CO)c(=O)n(C(=O)c2ccccc2)c1=O. The number of carbonyl (C=O) groups is 1. The molecule has 6 nitrogen and oxygen atoms in total. The number of hydrogen-bond acceptors (Lipinski definition) is 4. The third kappa shape index (κ3) is 2.82. The van der Waals surface area contributed by atoms with Gasteiger partial charge in [-0.25, -0.2) is 13.6 Å². The molecule has 136 valence electrons. The molecule has 2 atom stereocenters. The number of aryl methyl sites for hydroxylation is 1. The summed E-state index contributed by atoms with van der Waals surface area (Å²) in [5.41, 5.74) is -1.67. The second kappa shape index (κ2) is 6.45. The molecule has 3 rings (SSSR count). The van der Waals surface area contributed by atoms with Crippen LogP contribution in [0.2, 0.25) is 0 Å². The van der Waals surface area contributed by atoms with Gasteiger partial charge < -0.3 is 5.11 Å². The Balaban J connectivity index is 2.18. The fraction of sp³-hybridized carbons (Fsp3) is 0.278. The second-order valence-corrected chi connectivity index (χ2v) is 6.13. The maximum Gasteiger partial charge on any atom is 0.338 e. The Hall–Kier alpha value is -2.87. The van der Waals surface area contributed by atoms with E-state index in [0.717, 1.165) is 16.8 Å². The number of alkyl halides is 2. The van der Waals surface area contributed by atoms with Crippen molar-refractivity contribution in [2.24, 2.45) is 5.92 Å². The van der Waals surface area contributed by atoms with Gasteiger partial charge in [0.15, 0.2) is 0 Å². The van der Waals surface area contributed by atoms with Crippen LogP contribution < -0.4 is 11.2 Å². The van der Waals surface area contributed by atoms with E-state index in [0.29, 0.717) is 10.6 Å². The summed E-state index contributed by atoms with van der Waals surface area (Å²) in [6, 6.07) is 6.55. The number of benzene rings is 1. The van der Waals surface area contributed by atoms with Crippen molar-refractivity contribution in [1.29, 1.82) is 0 Å². The van der Waals surface area contributed by atoms with Crippen molar-refractivity contribution in [3.8, 4) is 0 Å². The molecule has 2 aromatic rings. The lowest BCUT2D eigenvalue weighted by Gasteiger charge is -2.24. The van der Waals surface area contributed by atoms with Crippen LogP contribution in [0.1, 0.15) is 22.0 Å². The molecule has 0 aliphatic heterocycles. The van der Waals surface area contributed by atoms with Gasteiger partial charge in [-0.15, -0.1) is 0 Å². The summed E-state index contributed by atoms with van der Waals surface area (Å²) >= 11 is 0. The topological polar surface area (TPSA) is 81.3 Å². The molecule has 8 heteroatoms. The number of aliphatic hydroxyl groups excluding tert-OH is 1. The average Bonchev–Trinajstić information content (AvgIpc) is 2.93. The Bertz CT molecular complexity index is 992. The Kier molecular flexibility index (Phi) is 4.45. The lowest BCUT2D eigenvalue weighted by molar-refractivity contribution is -0.0353. The van der Waals surface area contributed by atoms with Gasteiger partial charge in [0.2, 0.25) is 0 Å². The van der Waals surface area contributed by atoms with Crippen molar-refractivity contribution in [2.45, 2.75) is 18.9 Å². The van der Waals surface area contributed by atoms with Gasteiger partial charge in [-0.05, 0) is 25.1 Å². The van der Waals surface area contributed by atoms with E-state index in [2.05, 4.69) is 0 Å². The molecule has 1 heterocycles. The van der Waals surface area contributed by atoms with E-state index in [-0.39, 0.29) is 11.1 Å². The fourth-order valence-corrected chi connectivity index (χ4v) is 3.03. The number of hydrogen-bond donors (Lipinski definition) is 1. The molecule has 0 unspecified atom stereocenters. The minimum absolute atomic E-state index is 0.0502. The van der Waals surface area contributed by atoms with Crippen molar-refractivity contribution in [2.75, 3.05) is 6.61 Å². The monoisotopic (exact) mass is 362 g/mol. The molecule has 0 saturated carbocycles. The first-order chi connectivity index (χ1) is 12.3. The summed E-state index contributed by atoms with van der Waals surface area (Å²) in [5, 5.41) is 9.33. The Morgan fingerprint density at radius 2 is 1.88 bits per heavy atom. The van der Waals surface area contributed by atoms with Gasteiger partial charge >= 0.3 is 5.69 Å². The highest BCUT2D eigenvalue weighted by atomic mass is 19.3. The zero-order valence-corrected chi connectivity index (χ0v) is 13.8. The highest BCUT2D eigenvalue weighted by Crippen LogP contribution is 2.40. The molecule has 0 fully saturated rings. The van der Waals surface area contributed by atoms with Crippen LogP contribution in [0.15, 0.2) is 58.3 Å². The van der Waals surface area contributed by atoms with E-state index >= 15 is 0 Å². The molecule has 0 radical (unpaired) electrons. The van der Waals surface area contributed by atoms with Crippen LogP contribution in [0.3, 0.4) is 0 Å². The molecule has 1 aliphatic carbocycles.